The number of aryl methyl sites for hydroxylation is 1. The average molecular weight is 276 g/mol. The van der Waals surface area contributed by atoms with Gasteiger partial charge in [-0.15, -0.1) is 0 Å². The highest BCUT2D eigenvalue weighted by Gasteiger charge is 2.09. The molecule has 2 aromatic rings. The molecule has 0 fully saturated rings. The number of rotatable bonds is 6. The monoisotopic (exact) mass is 276 g/mol. The van der Waals surface area contributed by atoms with Crippen LogP contribution in [-0.2, 0) is 11.3 Å². The minimum Gasteiger partial charge on any atom is -0.408 e. The lowest BCUT2D eigenvalue weighted by Gasteiger charge is -2.07. The SMILES string of the molecule is CC(C)CNC(=O)CCCn1c(=O)oc2ccccc21. The molecule has 0 spiro atoms. The first kappa shape index (κ1) is 14.4. The molecule has 0 radical (unpaired) electrons. The molecular weight excluding hydrogens is 256 g/mol. The van der Waals surface area contributed by atoms with Gasteiger partial charge < -0.3 is 9.73 Å². The van der Waals surface area contributed by atoms with Gasteiger partial charge in [0, 0.05) is 19.5 Å². The van der Waals surface area contributed by atoms with Crippen molar-refractivity contribution >= 4 is 17.0 Å². The van der Waals surface area contributed by atoms with E-state index in [4.69, 9.17) is 4.42 Å². The van der Waals surface area contributed by atoms with Crippen LogP contribution >= 0.6 is 0 Å². The number of para-hydroxylation sites is 2. The van der Waals surface area contributed by atoms with E-state index < -0.39 is 0 Å². The van der Waals surface area contributed by atoms with Crippen molar-refractivity contribution in [1.29, 1.82) is 0 Å². The van der Waals surface area contributed by atoms with Gasteiger partial charge in [0.05, 0.1) is 5.52 Å². The molecule has 2 rings (SSSR count). The summed E-state index contributed by atoms with van der Waals surface area (Å²) in [6.45, 7) is 5.28. The van der Waals surface area contributed by atoms with Gasteiger partial charge in [-0.05, 0) is 24.5 Å². The summed E-state index contributed by atoms with van der Waals surface area (Å²) in [4.78, 5) is 23.3. The number of oxazole rings is 1. The Hall–Kier alpha value is -2.04. The number of hydrogen-bond acceptors (Lipinski definition) is 3. The van der Waals surface area contributed by atoms with E-state index in [1.54, 1.807) is 10.6 Å². The summed E-state index contributed by atoms with van der Waals surface area (Å²) in [6.07, 6.45) is 1.03. The number of carbonyl (C=O) groups is 1. The van der Waals surface area contributed by atoms with E-state index >= 15 is 0 Å². The fourth-order valence-corrected chi connectivity index (χ4v) is 2.03. The molecule has 1 N–H and O–H groups in total. The summed E-state index contributed by atoms with van der Waals surface area (Å²) in [5.41, 5.74) is 1.36. The second kappa shape index (κ2) is 6.41. The van der Waals surface area contributed by atoms with Crippen LogP contribution in [0.15, 0.2) is 33.5 Å². The topological polar surface area (TPSA) is 64.2 Å². The molecule has 1 aromatic carbocycles. The second-order valence-electron chi connectivity index (χ2n) is 5.29. The van der Waals surface area contributed by atoms with Crippen LogP contribution in [0, 0.1) is 5.92 Å². The van der Waals surface area contributed by atoms with Gasteiger partial charge in [-0.25, -0.2) is 4.79 Å². The number of benzene rings is 1. The van der Waals surface area contributed by atoms with Crippen molar-refractivity contribution in [2.24, 2.45) is 5.92 Å². The van der Waals surface area contributed by atoms with Crippen molar-refractivity contribution in [2.75, 3.05) is 6.54 Å². The Labute approximate surface area is 117 Å². The van der Waals surface area contributed by atoms with Gasteiger partial charge >= 0.3 is 5.76 Å². The van der Waals surface area contributed by atoms with Crippen molar-refractivity contribution in [3.05, 3.63) is 34.8 Å². The van der Waals surface area contributed by atoms with E-state index in [0.29, 0.717) is 37.4 Å². The highest BCUT2D eigenvalue weighted by atomic mass is 16.4. The van der Waals surface area contributed by atoms with Gasteiger partial charge in [0.2, 0.25) is 5.91 Å². The van der Waals surface area contributed by atoms with E-state index in [1.165, 1.54) is 0 Å². The van der Waals surface area contributed by atoms with Gasteiger partial charge in [0.15, 0.2) is 5.58 Å². The van der Waals surface area contributed by atoms with Gasteiger partial charge in [0.1, 0.15) is 0 Å². The molecule has 1 amide bonds. The Morgan fingerprint density at radius 2 is 2.10 bits per heavy atom. The zero-order valence-corrected chi connectivity index (χ0v) is 11.9. The number of amides is 1. The summed E-state index contributed by atoms with van der Waals surface area (Å²) in [5, 5.41) is 2.86. The van der Waals surface area contributed by atoms with Gasteiger partial charge in [-0.1, -0.05) is 26.0 Å². The number of nitrogens with one attached hydrogen (secondary N) is 1. The van der Waals surface area contributed by atoms with Crippen LogP contribution in [0.4, 0.5) is 0 Å². The van der Waals surface area contributed by atoms with Crippen molar-refractivity contribution in [3.8, 4) is 0 Å². The normalized spacial score (nSPS) is 11.2. The second-order valence-corrected chi connectivity index (χ2v) is 5.29. The zero-order chi connectivity index (χ0) is 14.5. The third-order valence-electron chi connectivity index (χ3n) is 3.07. The fraction of sp³-hybridized carbons (Fsp3) is 0.467. The predicted molar refractivity (Wildman–Crippen MR) is 77.6 cm³/mol. The maximum Gasteiger partial charge on any atom is 0.419 e. The van der Waals surface area contributed by atoms with Crippen LogP contribution in [0.2, 0.25) is 0 Å². The molecule has 1 aromatic heterocycles. The van der Waals surface area contributed by atoms with E-state index in [9.17, 15) is 9.59 Å². The van der Waals surface area contributed by atoms with Crippen LogP contribution < -0.4 is 11.1 Å². The number of carbonyl (C=O) groups excluding carboxylic acids is 1. The smallest absolute Gasteiger partial charge is 0.408 e. The molecule has 0 aliphatic rings. The average Bonchev–Trinajstić information content (AvgIpc) is 2.73. The third kappa shape index (κ3) is 3.50. The van der Waals surface area contributed by atoms with Gasteiger partial charge in [-0.3, -0.25) is 9.36 Å². The van der Waals surface area contributed by atoms with Gasteiger partial charge in [-0.2, -0.15) is 0 Å². The Balaban J connectivity index is 1.92. The van der Waals surface area contributed by atoms with Crippen LogP contribution in [0.3, 0.4) is 0 Å². The van der Waals surface area contributed by atoms with E-state index in [-0.39, 0.29) is 11.7 Å². The maximum absolute atomic E-state index is 11.7. The minimum absolute atomic E-state index is 0.0274. The maximum atomic E-state index is 11.7. The first-order valence-corrected chi connectivity index (χ1v) is 6.93. The van der Waals surface area contributed by atoms with Crippen LogP contribution in [0.5, 0.6) is 0 Å². The predicted octanol–water partition coefficient (Wildman–Crippen LogP) is 2.15. The molecule has 5 nitrogen and oxygen atoms in total. The molecule has 5 heteroatoms. The third-order valence-corrected chi connectivity index (χ3v) is 3.07. The van der Waals surface area contributed by atoms with Crippen molar-refractivity contribution in [2.45, 2.75) is 33.2 Å². The molecule has 0 saturated heterocycles. The number of aromatic nitrogens is 1. The Kier molecular flexibility index (Phi) is 4.61. The van der Waals surface area contributed by atoms with Crippen molar-refractivity contribution in [1.82, 2.24) is 9.88 Å². The van der Waals surface area contributed by atoms with E-state index in [1.807, 2.05) is 18.2 Å². The fourth-order valence-electron chi connectivity index (χ4n) is 2.03. The molecule has 20 heavy (non-hydrogen) atoms. The minimum atomic E-state index is -0.367. The highest BCUT2D eigenvalue weighted by Crippen LogP contribution is 2.12. The molecule has 0 saturated carbocycles. The molecule has 108 valence electrons. The van der Waals surface area contributed by atoms with Crippen LogP contribution in [0.25, 0.3) is 11.1 Å². The lowest BCUT2D eigenvalue weighted by Crippen LogP contribution is -2.27. The van der Waals surface area contributed by atoms with Crippen molar-refractivity contribution < 1.29 is 9.21 Å². The van der Waals surface area contributed by atoms with Crippen molar-refractivity contribution in [3.63, 3.8) is 0 Å². The Morgan fingerprint density at radius 3 is 2.85 bits per heavy atom. The van der Waals surface area contributed by atoms with E-state index in [2.05, 4.69) is 19.2 Å². The number of nitrogens with zero attached hydrogens (tertiary/aromatic N) is 1. The lowest BCUT2D eigenvalue weighted by atomic mass is 10.2. The summed E-state index contributed by atoms with van der Waals surface area (Å²) in [7, 11) is 0. The summed E-state index contributed by atoms with van der Waals surface area (Å²) in [6, 6.07) is 7.31. The number of fused-ring (bicyclic) bond motifs is 1. The first-order chi connectivity index (χ1) is 9.58. The zero-order valence-electron chi connectivity index (χ0n) is 11.9. The number of hydrogen-bond donors (Lipinski definition) is 1. The van der Waals surface area contributed by atoms with Crippen LogP contribution in [-0.4, -0.2) is 17.0 Å². The quantitative estimate of drug-likeness (QED) is 0.879. The lowest BCUT2D eigenvalue weighted by molar-refractivity contribution is -0.121. The summed E-state index contributed by atoms with van der Waals surface area (Å²) in [5.74, 6) is 0.104. The molecular formula is C15H20N2O3. The van der Waals surface area contributed by atoms with Gasteiger partial charge in [0.25, 0.3) is 0 Å². The first-order valence-electron chi connectivity index (χ1n) is 6.93. The molecule has 0 aliphatic heterocycles. The standard InChI is InChI=1S/C15H20N2O3/c1-11(2)10-16-14(18)8-5-9-17-12-6-3-4-7-13(12)20-15(17)19/h3-4,6-7,11H,5,8-10H2,1-2H3,(H,16,18). The summed E-state index contributed by atoms with van der Waals surface area (Å²) < 4.78 is 6.72. The molecule has 0 bridgehead atoms. The molecule has 0 aliphatic carbocycles. The van der Waals surface area contributed by atoms with E-state index in [0.717, 1.165) is 5.52 Å². The molecule has 1 heterocycles. The Bertz CT molecular complexity index is 640. The highest BCUT2D eigenvalue weighted by molar-refractivity contribution is 5.76. The largest absolute Gasteiger partial charge is 0.419 e. The van der Waals surface area contributed by atoms with Crippen LogP contribution in [0.1, 0.15) is 26.7 Å². The molecule has 0 atom stereocenters. The Morgan fingerprint density at radius 1 is 1.35 bits per heavy atom. The molecule has 0 unspecified atom stereocenters. The summed E-state index contributed by atoms with van der Waals surface area (Å²) >= 11 is 0.